The standard InChI is InChI=1S/C16H21P/c1-3-8-14-12-13-17(16(14)9-4-2)15-10-6-5-7-11-15/h5-7,10-13H,3-4,8-9H2,1-2H3. The van der Waals surface area contributed by atoms with Gasteiger partial charge < -0.3 is 0 Å². The van der Waals surface area contributed by atoms with Crippen LogP contribution in [0.1, 0.15) is 37.5 Å². The van der Waals surface area contributed by atoms with Crippen molar-refractivity contribution in [1.82, 2.24) is 0 Å². The van der Waals surface area contributed by atoms with Gasteiger partial charge in [-0.2, -0.15) is 0 Å². The molecule has 0 radical (unpaired) electrons. The fourth-order valence-electron chi connectivity index (χ4n) is 2.35. The first-order valence-corrected chi connectivity index (χ1v) is 8.02. The number of rotatable bonds is 5. The quantitative estimate of drug-likeness (QED) is 0.645. The van der Waals surface area contributed by atoms with E-state index < -0.39 is 0 Å². The molecule has 0 amide bonds. The highest BCUT2D eigenvalue weighted by Gasteiger charge is 2.09. The topological polar surface area (TPSA) is 0 Å². The molecule has 1 atom stereocenters. The first-order chi connectivity index (χ1) is 8.36. The lowest BCUT2D eigenvalue weighted by Gasteiger charge is -2.08. The maximum absolute atomic E-state index is 2.45. The minimum Gasteiger partial charge on any atom is -0.0898 e. The Morgan fingerprint density at radius 2 is 1.59 bits per heavy atom. The van der Waals surface area contributed by atoms with Crippen LogP contribution in [-0.2, 0) is 12.8 Å². The number of aryl methyl sites for hydroxylation is 1. The van der Waals surface area contributed by atoms with E-state index in [2.05, 4.69) is 56.0 Å². The Kier molecular flexibility index (Phi) is 4.45. The van der Waals surface area contributed by atoms with Crippen molar-refractivity contribution in [2.45, 2.75) is 39.5 Å². The molecular formula is C16H21P. The van der Waals surface area contributed by atoms with Crippen LogP contribution in [0.4, 0.5) is 0 Å². The van der Waals surface area contributed by atoms with Crippen LogP contribution in [0.25, 0.3) is 5.30 Å². The third-order valence-electron chi connectivity index (χ3n) is 3.13. The second-order valence-corrected chi connectivity index (χ2v) is 6.59. The van der Waals surface area contributed by atoms with Crippen LogP contribution in [0, 0.1) is 0 Å². The maximum atomic E-state index is 2.45. The number of benzene rings is 1. The van der Waals surface area contributed by atoms with Gasteiger partial charge in [0, 0.05) is 0 Å². The lowest BCUT2D eigenvalue weighted by molar-refractivity contribution is 0.878. The summed E-state index contributed by atoms with van der Waals surface area (Å²) in [5, 5.41) is 3.23. The van der Waals surface area contributed by atoms with Gasteiger partial charge in [-0.1, -0.05) is 70.6 Å². The van der Waals surface area contributed by atoms with E-state index in [1.165, 1.54) is 31.0 Å². The summed E-state index contributed by atoms with van der Waals surface area (Å²) < 4.78 is 0. The van der Waals surface area contributed by atoms with Crippen molar-refractivity contribution in [2.24, 2.45) is 0 Å². The van der Waals surface area contributed by atoms with Crippen molar-refractivity contribution >= 4 is 7.53 Å². The van der Waals surface area contributed by atoms with E-state index in [4.69, 9.17) is 0 Å². The van der Waals surface area contributed by atoms with Crippen LogP contribution in [0.15, 0.2) is 42.2 Å². The zero-order chi connectivity index (χ0) is 12.1. The molecule has 0 nitrogen and oxygen atoms in total. The van der Waals surface area contributed by atoms with Gasteiger partial charge in [-0.15, -0.1) is 0 Å². The van der Waals surface area contributed by atoms with Crippen molar-refractivity contribution in [1.29, 1.82) is 0 Å². The van der Waals surface area contributed by atoms with Crippen LogP contribution in [-0.4, -0.2) is 0 Å². The molecule has 0 aliphatic heterocycles. The van der Waals surface area contributed by atoms with Gasteiger partial charge in [-0.25, -0.2) is 0 Å². The Morgan fingerprint density at radius 3 is 2.24 bits per heavy atom. The molecule has 0 fully saturated rings. The minimum atomic E-state index is -0.161. The monoisotopic (exact) mass is 244 g/mol. The van der Waals surface area contributed by atoms with Gasteiger partial charge in [0.25, 0.3) is 0 Å². The van der Waals surface area contributed by atoms with Gasteiger partial charge in [0.15, 0.2) is 0 Å². The Morgan fingerprint density at radius 1 is 0.882 bits per heavy atom. The first-order valence-electron chi connectivity index (χ1n) is 6.61. The molecule has 1 aromatic carbocycles. The minimum absolute atomic E-state index is 0.161. The van der Waals surface area contributed by atoms with Gasteiger partial charge in [-0.05, 0) is 34.8 Å². The number of hydrogen-bond acceptors (Lipinski definition) is 0. The van der Waals surface area contributed by atoms with Crippen molar-refractivity contribution in [3.05, 3.63) is 53.1 Å². The summed E-state index contributed by atoms with van der Waals surface area (Å²) in [7, 11) is -0.161. The van der Waals surface area contributed by atoms with Gasteiger partial charge in [0.2, 0.25) is 0 Å². The van der Waals surface area contributed by atoms with Gasteiger partial charge in [0.1, 0.15) is 0 Å². The second kappa shape index (κ2) is 6.07. The SMILES string of the molecule is CCCc1ccp(-c2ccccc2)c1CCC. The van der Waals surface area contributed by atoms with Gasteiger partial charge >= 0.3 is 0 Å². The summed E-state index contributed by atoms with van der Waals surface area (Å²) in [5.41, 5.74) is 1.62. The summed E-state index contributed by atoms with van der Waals surface area (Å²) in [6, 6.07) is 13.4. The molecule has 0 saturated heterocycles. The van der Waals surface area contributed by atoms with Crippen molar-refractivity contribution in [3.8, 4) is 5.30 Å². The van der Waals surface area contributed by atoms with Gasteiger partial charge in [0.05, 0.1) is 0 Å². The van der Waals surface area contributed by atoms with E-state index in [-0.39, 0.29) is 7.53 Å². The predicted molar refractivity (Wildman–Crippen MR) is 78.5 cm³/mol. The predicted octanol–water partition coefficient (Wildman–Crippen LogP) is 5.57. The molecular weight excluding hydrogens is 223 g/mol. The molecule has 90 valence electrons. The number of hydrogen-bond donors (Lipinski definition) is 0. The average Bonchev–Trinajstić information content (AvgIpc) is 2.75. The van der Waals surface area contributed by atoms with E-state index in [9.17, 15) is 0 Å². The molecule has 0 aliphatic rings. The summed E-state index contributed by atoms with van der Waals surface area (Å²) in [6.07, 6.45) is 5.03. The normalized spacial score (nSPS) is 11.8. The molecule has 1 unspecified atom stereocenters. The molecule has 0 spiro atoms. The van der Waals surface area contributed by atoms with Crippen LogP contribution in [0.5, 0.6) is 0 Å². The summed E-state index contributed by atoms with van der Waals surface area (Å²) >= 11 is 0. The fourth-order valence-corrected chi connectivity index (χ4v) is 4.80. The van der Waals surface area contributed by atoms with Crippen molar-refractivity contribution < 1.29 is 0 Å². The molecule has 0 aliphatic carbocycles. The third kappa shape index (κ3) is 2.82. The van der Waals surface area contributed by atoms with Crippen LogP contribution in [0.2, 0.25) is 0 Å². The van der Waals surface area contributed by atoms with Crippen molar-refractivity contribution in [2.75, 3.05) is 0 Å². The van der Waals surface area contributed by atoms with E-state index in [0.717, 1.165) is 0 Å². The largest absolute Gasteiger partial charge is 0.0898 e. The molecule has 2 aromatic rings. The van der Waals surface area contributed by atoms with E-state index in [0.29, 0.717) is 0 Å². The zero-order valence-corrected chi connectivity index (χ0v) is 11.7. The van der Waals surface area contributed by atoms with Crippen LogP contribution < -0.4 is 0 Å². The molecule has 1 aromatic heterocycles. The Labute approximate surface area is 106 Å². The highest BCUT2D eigenvalue weighted by molar-refractivity contribution is 7.57. The summed E-state index contributed by atoms with van der Waals surface area (Å²) in [6.45, 7) is 4.56. The highest BCUT2D eigenvalue weighted by Crippen LogP contribution is 2.46. The molecule has 2 rings (SSSR count). The fraction of sp³-hybridized carbons (Fsp3) is 0.375. The third-order valence-corrected chi connectivity index (χ3v) is 5.52. The lowest BCUT2D eigenvalue weighted by Crippen LogP contribution is -1.87. The molecule has 17 heavy (non-hydrogen) atoms. The Balaban J connectivity index is 2.40. The first kappa shape index (κ1) is 12.5. The molecule has 1 heterocycles. The second-order valence-electron chi connectivity index (χ2n) is 4.49. The molecule has 0 bridgehead atoms. The summed E-state index contributed by atoms with van der Waals surface area (Å²) in [5.74, 6) is 2.45. The van der Waals surface area contributed by atoms with Crippen LogP contribution in [0.3, 0.4) is 0 Å². The van der Waals surface area contributed by atoms with E-state index in [1.807, 2.05) is 0 Å². The summed E-state index contributed by atoms with van der Waals surface area (Å²) in [4.78, 5) is 0. The average molecular weight is 244 g/mol. The molecule has 1 heteroatoms. The smallest absolute Gasteiger partial charge is 0.00193 e. The maximum Gasteiger partial charge on any atom is -0.00193 e. The van der Waals surface area contributed by atoms with Crippen LogP contribution >= 0.6 is 7.53 Å². The zero-order valence-electron chi connectivity index (χ0n) is 10.8. The van der Waals surface area contributed by atoms with E-state index in [1.54, 1.807) is 10.9 Å². The Hall–Kier alpha value is -1.00. The molecule has 0 N–H and O–H groups in total. The molecule has 0 saturated carbocycles. The van der Waals surface area contributed by atoms with Gasteiger partial charge in [-0.3, -0.25) is 0 Å². The lowest BCUT2D eigenvalue weighted by atomic mass is 10.1. The van der Waals surface area contributed by atoms with Crippen molar-refractivity contribution in [3.63, 3.8) is 0 Å². The van der Waals surface area contributed by atoms with E-state index >= 15 is 0 Å². The Bertz CT molecular complexity index is 454. The highest BCUT2D eigenvalue weighted by atomic mass is 31.1.